The van der Waals surface area contributed by atoms with Gasteiger partial charge in [0.25, 0.3) is 0 Å². The molecule has 2 bridgehead atoms. The van der Waals surface area contributed by atoms with Crippen LogP contribution in [0, 0.1) is 5.92 Å². The Bertz CT molecular complexity index is 1120. The number of amides is 2. The average Bonchev–Trinajstić information content (AvgIpc) is 3.24. The second-order valence-electron chi connectivity index (χ2n) is 12.0. The van der Waals surface area contributed by atoms with Crippen molar-refractivity contribution in [3.05, 3.63) is 36.4 Å². The normalized spacial score (nSPS) is 33.1. The van der Waals surface area contributed by atoms with E-state index in [-0.39, 0.29) is 55.2 Å². The first-order valence-corrected chi connectivity index (χ1v) is 15.0. The monoisotopic (exact) mass is 567 g/mol. The lowest BCUT2D eigenvalue weighted by molar-refractivity contribution is -0.176. The number of hydrazine groups is 1. The van der Waals surface area contributed by atoms with E-state index in [0.717, 1.165) is 44.5 Å². The number of hydrogen-bond donors (Lipinski definition) is 4. The van der Waals surface area contributed by atoms with Crippen molar-refractivity contribution in [1.82, 2.24) is 35.8 Å². The molecule has 5 aliphatic rings. The zero-order chi connectivity index (χ0) is 28.5. The number of allylic oxidation sites excluding steroid dienone is 1. The molecule has 5 aliphatic heterocycles. The SMILES string of the molecule is CN(C)CCN(C)c1ccc(NC2NCC3C(=O)N4C/C=C\CCCN5C(=O)COC6CCC(NC65)N4C3N2)cc1. The minimum absolute atomic E-state index is 0.0229. The first-order chi connectivity index (χ1) is 19.9. The third kappa shape index (κ3) is 5.95. The summed E-state index contributed by atoms with van der Waals surface area (Å²) in [6, 6.07) is 8.47. The number of rotatable bonds is 6. The highest BCUT2D eigenvalue weighted by atomic mass is 16.5. The van der Waals surface area contributed by atoms with Crippen molar-refractivity contribution >= 4 is 23.2 Å². The smallest absolute Gasteiger partial charge is 0.249 e. The Labute approximate surface area is 243 Å². The van der Waals surface area contributed by atoms with E-state index in [1.165, 1.54) is 5.69 Å². The Morgan fingerprint density at radius 1 is 1.02 bits per heavy atom. The van der Waals surface area contributed by atoms with Crippen LogP contribution >= 0.6 is 0 Å². The molecule has 12 nitrogen and oxygen atoms in total. The van der Waals surface area contributed by atoms with Gasteiger partial charge in [-0.1, -0.05) is 12.2 Å². The number of benzene rings is 1. The van der Waals surface area contributed by atoms with Gasteiger partial charge in [-0.3, -0.25) is 30.5 Å². The molecule has 0 aliphatic carbocycles. The second-order valence-corrected chi connectivity index (χ2v) is 12.0. The Kier molecular flexibility index (Phi) is 8.47. The van der Waals surface area contributed by atoms with Gasteiger partial charge < -0.3 is 24.8 Å². The molecule has 4 saturated heterocycles. The molecular weight excluding hydrogens is 522 g/mol. The summed E-state index contributed by atoms with van der Waals surface area (Å²) in [5, 5.41) is 18.6. The van der Waals surface area contributed by atoms with E-state index >= 15 is 0 Å². The van der Waals surface area contributed by atoms with Crippen LogP contribution in [0.15, 0.2) is 36.4 Å². The molecule has 12 heteroatoms. The maximum Gasteiger partial charge on any atom is 0.249 e. The Balaban J connectivity index is 1.17. The third-order valence-corrected chi connectivity index (χ3v) is 8.95. The standard InChI is InChI=1S/C29H45N9O3/c1-34(2)16-17-35(3)21-10-8-20(9-11-21)31-29-30-18-22-26(33-29)38-24-13-12-23-27(32-24)36(25(39)19-41-23)14-6-4-5-7-15-37(38)28(22)40/h5,7-11,22-24,26-27,29-33H,4,6,12-19H2,1-3H3/b7-5-. The highest BCUT2D eigenvalue weighted by Crippen LogP contribution is 2.33. The van der Waals surface area contributed by atoms with E-state index in [2.05, 4.69) is 93.6 Å². The van der Waals surface area contributed by atoms with Gasteiger partial charge >= 0.3 is 0 Å². The van der Waals surface area contributed by atoms with Crippen molar-refractivity contribution in [2.45, 2.75) is 56.6 Å². The van der Waals surface area contributed by atoms with Crippen molar-refractivity contribution in [3.63, 3.8) is 0 Å². The van der Waals surface area contributed by atoms with Crippen LogP contribution in [-0.2, 0) is 14.3 Å². The quantitative estimate of drug-likeness (QED) is 0.356. The number of nitrogens with zero attached hydrogens (tertiary/aromatic N) is 5. The van der Waals surface area contributed by atoms with Gasteiger partial charge in [-0.25, -0.2) is 0 Å². The molecular formula is C29H45N9O3. The highest BCUT2D eigenvalue weighted by Gasteiger charge is 2.53. The molecule has 4 N–H and O–H groups in total. The number of likely N-dealkylation sites (N-methyl/N-ethyl adjacent to an activating group) is 2. The average molecular weight is 568 g/mol. The summed E-state index contributed by atoms with van der Waals surface area (Å²) in [5.74, 6) is -0.0528. The lowest BCUT2D eigenvalue weighted by Crippen LogP contribution is -2.72. The molecule has 0 aromatic heterocycles. The summed E-state index contributed by atoms with van der Waals surface area (Å²) in [5.41, 5.74) is 2.18. The summed E-state index contributed by atoms with van der Waals surface area (Å²) >= 11 is 0. The van der Waals surface area contributed by atoms with Gasteiger partial charge in [-0.2, -0.15) is 5.01 Å². The number of nitrogens with one attached hydrogen (secondary N) is 4. The van der Waals surface area contributed by atoms with E-state index in [4.69, 9.17) is 4.74 Å². The Morgan fingerprint density at radius 2 is 1.85 bits per heavy atom. The molecule has 6 unspecified atom stereocenters. The highest BCUT2D eigenvalue weighted by molar-refractivity contribution is 5.82. The van der Waals surface area contributed by atoms with E-state index in [0.29, 0.717) is 19.6 Å². The van der Waals surface area contributed by atoms with Crippen molar-refractivity contribution in [2.75, 3.05) is 70.7 Å². The van der Waals surface area contributed by atoms with E-state index in [9.17, 15) is 9.59 Å². The van der Waals surface area contributed by atoms with Crippen molar-refractivity contribution < 1.29 is 14.3 Å². The predicted octanol–water partition coefficient (Wildman–Crippen LogP) is 0.187. The van der Waals surface area contributed by atoms with Crippen LogP contribution < -0.4 is 26.2 Å². The van der Waals surface area contributed by atoms with E-state index in [1.54, 1.807) is 0 Å². The zero-order valence-electron chi connectivity index (χ0n) is 24.5. The second kappa shape index (κ2) is 12.2. The number of carbonyl (C=O) groups excluding carboxylic acids is 2. The lowest BCUT2D eigenvalue weighted by Gasteiger charge is -2.50. The van der Waals surface area contributed by atoms with Gasteiger partial charge in [-0.05, 0) is 64.0 Å². The molecule has 224 valence electrons. The van der Waals surface area contributed by atoms with E-state index in [1.807, 2.05) is 9.91 Å². The van der Waals surface area contributed by atoms with Crippen molar-refractivity contribution in [3.8, 4) is 0 Å². The Morgan fingerprint density at radius 3 is 2.66 bits per heavy atom. The number of ether oxygens (including phenoxy) is 1. The number of hydrogen-bond acceptors (Lipinski definition) is 10. The fourth-order valence-corrected chi connectivity index (χ4v) is 6.63. The molecule has 6 atom stereocenters. The number of carbonyl (C=O) groups is 2. The minimum atomic E-state index is -0.209. The fourth-order valence-electron chi connectivity index (χ4n) is 6.63. The maximum atomic E-state index is 13.7. The van der Waals surface area contributed by atoms with Gasteiger partial charge in [0, 0.05) is 44.6 Å². The summed E-state index contributed by atoms with van der Waals surface area (Å²) in [6.07, 6.45) is 6.98. The van der Waals surface area contributed by atoms with Gasteiger partial charge in [0.15, 0.2) is 0 Å². The number of anilines is 2. The largest absolute Gasteiger partial charge is 0.373 e. The van der Waals surface area contributed by atoms with Crippen molar-refractivity contribution in [2.24, 2.45) is 5.92 Å². The number of morpholine rings is 1. The van der Waals surface area contributed by atoms with Crippen LogP contribution in [0.4, 0.5) is 11.4 Å². The molecule has 0 spiro atoms. The van der Waals surface area contributed by atoms with Crippen LogP contribution in [0.25, 0.3) is 0 Å². The summed E-state index contributed by atoms with van der Waals surface area (Å²) in [4.78, 5) is 32.9. The van der Waals surface area contributed by atoms with Gasteiger partial charge in [0.2, 0.25) is 11.8 Å². The molecule has 1 aromatic rings. The van der Waals surface area contributed by atoms with Gasteiger partial charge in [0.05, 0.1) is 30.9 Å². The molecule has 0 saturated carbocycles. The van der Waals surface area contributed by atoms with E-state index < -0.39 is 0 Å². The van der Waals surface area contributed by atoms with Crippen LogP contribution in [0.3, 0.4) is 0 Å². The predicted molar refractivity (Wildman–Crippen MR) is 157 cm³/mol. The van der Waals surface area contributed by atoms with Crippen molar-refractivity contribution in [1.29, 1.82) is 0 Å². The summed E-state index contributed by atoms with van der Waals surface area (Å²) in [6.45, 7) is 3.92. The molecule has 2 amide bonds. The molecule has 41 heavy (non-hydrogen) atoms. The maximum absolute atomic E-state index is 13.7. The third-order valence-electron chi connectivity index (χ3n) is 8.95. The van der Waals surface area contributed by atoms with Crippen LogP contribution in [0.2, 0.25) is 0 Å². The van der Waals surface area contributed by atoms with Crippen LogP contribution in [0.1, 0.15) is 25.7 Å². The van der Waals surface area contributed by atoms with Crippen LogP contribution in [0.5, 0.6) is 0 Å². The minimum Gasteiger partial charge on any atom is -0.373 e. The molecule has 6 rings (SSSR count). The van der Waals surface area contributed by atoms with Crippen LogP contribution in [-0.4, -0.2) is 123 Å². The molecule has 5 heterocycles. The topological polar surface area (TPSA) is 108 Å². The van der Waals surface area contributed by atoms with Gasteiger partial charge in [0.1, 0.15) is 19.1 Å². The first kappa shape index (κ1) is 28.4. The molecule has 4 fully saturated rings. The number of fused-ring (bicyclic) bond motifs is 5. The molecule has 0 radical (unpaired) electrons. The Hall–Kier alpha value is -2.74. The van der Waals surface area contributed by atoms with Gasteiger partial charge in [-0.15, -0.1) is 0 Å². The summed E-state index contributed by atoms with van der Waals surface area (Å²) < 4.78 is 5.93. The molecule has 1 aromatic carbocycles. The summed E-state index contributed by atoms with van der Waals surface area (Å²) in [7, 11) is 6.29. The number of piperidine rings is 1. The first-order valence-electron chi connectivity index (χ1n) is 15.0. The lowest BCUT2D eigenvalue weighted by atomic mass is 9.99. The fraction of sp³-hybridized carbons (Fsp3) is 0.655. The zero-order valence-corrected chi connectivity index (χ0v) is 24.5.